The molecule has 0 aromatic carbocycles. The predicted octanol–water partition coefficient (Wildman–Crippen LogP) is 1.75. The molecule has 1 unspecified atom stereocenters. The molecule has 0 spiro atoms. The van der Waals surface area contributed by atoms with E-state index in [-0.39, 0.29) is 0 Å². The molecule has 0 saturated heterocycles. The van der Waals surface area contributed by atoms with E-state index in [1.165, 1.54) is 0 Å². The average Bonchev–Trinajstić information content (AvgIpc) is 1.97. The Morgan fingerprint density at radius 3 is 2.82 bits per heavy atom. The summed E-state index contributed by atoms with van der Waals surface area (Å²) in [6, 6.07) is 0.338. The topological polar surface area (TPSA) is 21.3 Å². The first-order valence-electron chi connectivity index (χ1n) is 3.81. The van der Waals surface area contributed by atoms with Crippen molar-refractivity contribution in [2.45, 2.75) is 19.9 Å². The molecule has 66 valence electrons. The van der Waals surface area contributed by atoms with E-state index < -0.39 is 0 Å². The summed E-state index contributed by atoms with van der Waals surface area (Å²) in [5.74, 6) is 0. The first-order chi connectivity index (χ1) is 5.16. The van der Waals surface area contributed by atoms with Crippen LogP contribution in [0.5, 0.6) is 0 Å². The van der Waals surface area contributed by atoms with Gasteiger partial charge in [0.25, 0.3) is 0 Å². The van der Waals surface area contributed by atoms with E-state index in [4.69, 9.17) is 16.3 Å². The zero-order valence-electron chi connectivity index (χ0n) is 7.19. The molecule has 11 heavy (non-hydrogen) atoms. The van der Waals surface area contributed by atoms with Crippen LogP contribution in [0, 0.1) is 0 Å². The molecular formula is C8H16ClNO. The van der Waals surface area contributed by atoms with Crippen molar-refractivity contribution in [3.63, 3.8) is 0 Å². The summed E-state index contributed by atoms with van der Waals surface area (Å²) in [5, 5.41) is 3.79. The normalized spacial score (nSPS) is 13.0. The van der Waals surface area contributed by atoms with Crippen molar-refractivity contribution in [1.82, 2.24) is 5.32 Å². The zero-order chi connectivity index (χ0) is 8.69. The lowest BCUT2D eigenvalue weighted by Gasteiger charge is -2.12. The molecule has 0 heterocycles. The lowest BCUT2D eigenvalue weighted by Crippen LogP contribution is -2.31. The van der Waals surface area contributed by atoms with Gasteiger partial charge in [0.15, 0.2) is 0 Å². The maximum atomic E-state index is 5.56. The number of nitrogens with one attached hydrogen (secondary N) is 1. The highest BCUT2D eigenvalue weighted by Gasteiger charge is 1.99. The fraction of sp³-hybridized carbons (Fsp3) is 0.750. The number of rotatable bonds is 6. The number of hydrogen-bond donors (Lipinski definition) is 1. The summed E-state index contributed by atoms with van der Waals surface area (Å²) in [4.78, 5) is 0. The maximum absolute atomic E-state index is 5.56. The second-order valence-electron chi connectivity index (χ2n) is 2.46. The van der Waals surface area contributed by atoms with Crippen LogP contribution in [0.25, 0.3) is 0 Å². The van der Waals surface area contributed by atoms with E-state index in [1.54, 1.807) is 0 Å². The minimum Gasteiger partial charge on any atom is -0.380 e. The second-order valence-corrected chi connectivity index (χ2v) is 2.99. The minimum atomic E-state index is 0.338. The van der Waals surface area contributed by atoms with Crippen LogP contribution in [0.3, 0.4) is 0 Å². The van der Waals surface area contributed by atoms with E-state index in [2.05, 4.69) is 18.8 Å². The standard InChI is InChI=1S/C8H16ClNO/c1-4-11-6-8(3)10-5-7(2)9/h8,10H,2,4-6H2,1,3H3. The van der Waals surface area contributed by atoms with E-state index in [9.17, 15) is 0 Å². The highest BCUT2D eigenvalue weighted by Crippen LogP contribution is 1.94. The van der Waals surface area contributed by atoms with Gasteiger partial charge in [0.2, 0.25) is 0 Å². The van der Waals surface area contributed by atoms with Gasteiger partial charge in [0.1, 0.15) is 0 Å². The Morgan fingerprint density at radius 1 is 1.73 bits per heavy atom. The molecule has 0 aromatic heterocycles. The van der Waals surface area contributed by atoms with Crippen molar-refractivity contribution >= 4 is 11.6 Å². The number of hydrogen-bond acceptors (Lipinski definition) is 2. The Kier molecular flexibility index (Phi) is 6.62. The van der Waals surface area contributed by atoms with Crippen molar-refractivity contribution in [2.24, 2.45) is 0 Å². The van der Waals surface area contributed by atoms with Gasteiger partial charge in [-0.3, -0.25) is 0 Å². The van der Waals surface area contributed by atoms with Crippen LogP contribution >= 0.6 is 11.6 Å². The molecule has 0 rings (SSSR count). The summed E-state index contributed by atoms with van der Waals surface area (Å²) >= 11 is 5.56. The van der Waals surface area contributed by atoms with Crippen LogP contribution in [0.1, 0.15) is 13.8 Å². The minimum absolute atomic E-state index is 0.338. The Bertz CT molecular complexity index is 117. The number of ether oxygens (including phenoxy) is 1. The SMILES string of the molecule is C=C(Cl)CNC(C)COCC. The van der Waals surface area contributed by atoms with E-state index in [1.807, 2.05) is 6.92 Å². The van der Waals surface area contributed by atoms with E-state index >= 15 is 0 Å². The van der Waals surface area contributed by atoms with E-state index in [0.29, 0.717) is 17.6 Å². The van der Waals surface area contributed by atoms with Crippen molar-refractivity contribution < 1.29 is 4.74 Å². The van der Waals surface area contributed by atoms with Crippen LogP contribution in [-0.4, -0.2) is 25.8 Å². The highest BCUT2D eigenvalue weighted by atomic mass is 35.5. The summed E-state index contributed by atoms with van der Waals surface area (Å²) in [7, 11) is 0. The Balaban J connectivity index is 3.22. The molecular weight excluding hydrogens is 162 g/mol. The molecule has 2 nitrogen and oxygen atoms in total. The largest absolute Gasteiger partial charge is 0.380 e. The summed E-state index contributed by atoms with van der Waals surface area (Å²) in [5.41, 5.74) is 0. The molecule has 1 atom stereocenters. The molecule has 0 aliphatic rings. The average molecular weight is 178 g/mol. The Labute approximate surface area is 73.6 Å². The van der Waals surface area contributed by atoms with Gasteiger partial charge in [-0.25, -0.2) is 0 Å². The van der Waals surface area contributed by atoms with Crippen molar-refractivity contribution in [1.29, 1.82) is 0 Å². The van der Waals surface area contributed by atoms with Crippen molar-refractivity contribution in [3.8, 4) is 0 Å². The van der Waals surface area contributed by atoms with E-state index in [0.717, 1.165) is 13.2 Å². The fourth-order valence-electron chi connectivity index (χ4n) is 0.639. The van der Waals surface area contributed by atoms with Crippen LogP contribution in [-0.2, 0) is 4.74 Å². The highest BCUT2D eigenvalue weighted by molar-refractivity contribution is 6.29. The third-order valence-electron chi connectivity index (χ3n) is 1.21. The van der Waals surface area contributed by atoms with Crippen molar-refractivity contribution in [3.05, 3.63) is 11.6 Å². The van der Waals surface area contributed by atoms with Gasteiger partial charge in [-0.2, -0.15) is 0 Å². The molecule has 3 heteroatoms. The fourth-order valence-corrected chi connectivity index (χ4v) is 0.716. The molecule has 0 fully saturated rings. The molecule has 0 aliphatic carbocycles. The van der Waals surface area contributed by atoms with Gasteiger partial charge >= 0.3 is 0 Å². The molecule has 0 radical (unpaired) electrons. The molecule has 0 bridgehead atoms. The molecule has 0 amide bonds. The van der Waals surface area contributed by atoms with Crippen LogP contribution < -0.4 is 5.32 Å². The summed E-state index contributed by atoms with van der Waals surface area (Å²) < 4.78 is 5.19. The Morgan fingerprint density at radius 2 is 2.36 bits per heavy atom. The lowest BCUT2D eigenvalue weighted by molar-refractivity contribution is 0.128. The third kappa shape index (κ3) is 7.85. The van der Waals surface area contributed by atoms with Gasteiger partial charge in [0.05, 0.1) is 6.61 Å². The smallest absolute Gasteiger partial charge is 0.0616 e. The van der Waals surface area contributed by atoms with Crippen LogP contribution in [0.15, 0.2) is 11.6 Å². The van der Waals surface area contributed by atoms with Crippen LogP contribution in [0.2, 0.25) is 0 Å². The Hall–Kier alpha value is -0.0500. The first kappa shape index (κ1) is 11.0. The van der Waals surface area contributed by atoms with Gasteiger partial charge in [-0.15, -0.1) is 0 Å². The summed E-state index contributed by atoms with van der Waals surface area (Å²) in [6.45, 7) is 9.73. The monoisotopic (exact) mass is 177 g/mol. The quantitative estimate of drug-likeness (QED) is 0.668. The second kappa shape index (κ2) is 6.65. The first-order valence-corrected chi connectivity index (χ1v) is 4.19. The molecule has 0 aromatic rings. The molecule has 0 saturated carbocycles. The van der Waals surface area contributed by atoms with Gasteiger partial charge in [-0.1, -0.05) is 18.2 Å². The molecule has 1 N–H and O–H groups in total. The zero-order valence-corrected chi connectivity index (χ0v) is 7.95. The predicted molar refractivity (Wildman–Crippen MR) is 49.0 cm³/mol. The van der Waals surface area contributed by atoms with Gasteiger partial charge < -0.3 is 10.1 Å². The van der Waals surface area contributed by atoms with Gasteiger partial charge in [-0.05, 0) is 13.8 Å². The molecule has 0 aliphatic heterocycles. The number of halogens is 1. The van der Waals surface area contributed by atoms with Gasteiger partial charge in [0, 0.05) is 24.2 Å². The lowest BCUT2D eigenvalue weighted by atomic mass is 10.3. The summed E-state index contributed by atoms with van der Waals surface area (Å²) in [6.07, 6.45) is 0. The maximum Gasteiger partial charge on any atom is 0.0616 e. The van der Waals surface area contributed by atoms with Crippen molar-refractivity contribution in [2.75, 3.05) is 19.8 Å². The van der Waals surface area contributed by atoms with Crippen LogP contribution in [0.4, 0.5) is 0 Å². The third-order valence-corrected chi connectivity index (χ3v) is 1.35.